The lowest BCUT2D eigenvalue weighted by molar-refractivity contribution is -0.166. The van der Waals surface area contributed by atoms with E-state index in [4.69, 9.17) is 14.2 Å². The van der Waals surface area contributed by atoms with Gasteiger partial charge in [-0.3, -0.25) is 14.4 Å². The predicted octanol–water partition coefficient (Wildman–Crippen LogP) is 13.2. The van der Waals surface area contributed by atoms with Gasteiger partial charge in [-0.25, -0.2) is 0 Å². The van der Waals surface area contributed by atoms with Gasteiger partial charge in [0.05, 0.1) is 0 Å². The summed E-state index contributed by atoms with van der Waals surface area (Å²) in [5.41, 5.74) is 0. The normalized spacial score (nSPS) is 12.5. The van der Waals surface area contributed by atoms with E-state index in [1.54, 1.807) is 0 Å². The van der Waals surface area contributed by atoms with Crippen molar-refractivity contribution in [3.8, 4) is 0 Å². The van der Waals surface area contributed by atoms with Crippen molar-refractivity contribution in [1.82, 2.24) is 0 Å². The van der Waals surface area contributed by atoms with Gasteiger partial charge < -0.3 is 14.2 Å². The topological polar surface area (TPSA) is 78.9 Å². The van der Waals surface area contributed by atoms with Gasteiger partial charge in [0, 0.05) is 19.3 Å². The SMILES string of the molecule is CC/C=C\C/C=C\C/C=C\C/C=C\CCC(=O)OCC(COC(=O)CCCCCCCCCCC)OC(=O)CCCCCCCCCCCCC. The van der Waals surface area contributed by atoms with Crippen molar-refractivity contribution in [1.29, 1.82) is 0 Å². The fourth-order valence-electron chi connectivity index (χ4n) is 5.69. The molecule has 0 aromatic rings. The Morgan fingerprint density at radius 3 is 1.20 bits per heavy atom. The molecule has 6 nitrogen and oxygen atoms in total. The number of carbonyl (C=O) groups excluding carboxylic acids is 3. The second-order valence-corrected chi connectivity index (χ2v) is 13.9. The summed E-state index contributed by atoms with van der Waals surface area (Å²) < 4.78 is 16.6. The first-order chi connectivity index (χ1) is 25.0. The van der Waals surface area contributed by atoms with Crippen LogP contribution in [0.3, 0.4) is 0 Å². The van der Waals surface area contributed by atoms with E-state index in [-0.39, 0.29) is 37.5 Å². The Hall–Kier alpha value is -2.63. The molecule has 6 heteroatoms. The summed E-state index contributed by atoms with van der Waals surface area (Å²) >= 11 is 0. The number of ether oxygens (including phenoxy) is 3. The molecule has 0 aliphatic rings. The average Bonchev–Trinajstić information content (AvgIpc) is 3.12. The van der Waals surface area contributed by atoms with Crippen LogP contribution in [0.1, 0.15) is 201 Å². The molecule has 294 valence electrons. The van der Waals surface area contributed by atoms with E-state index in [0.29, 0.717) is 19.3 Å². The first-order valence-corrected chi connectivity index (χ1v) is 21.1. The van der Waals surface area contributed by atoms with Crippen LogP contribution in [0, 0.1) is 0 Å². The van der Waals surface area contributed by atoms with E-state index < -0.39 is 6.10 Å². The van der Waals surface area contributed by atoms with E-state index in [2.05, 4.69) is 57.2 Å². The number of hydrogen-bond donors (Lipinski definition) is 0. The third-order valence-corrected chi connectivity index (χ3v) is 8.86. The van der Waals surface area contributed by atoms with E-state index in [9.17, 15) is 14.4 Å². The van der Waals surface area contributed by atoms with Crippen LogP contribution in [-0.4, -0.2) is 37.2 Å². The van der Waals surface area contributed by atoms with Crippen LogP contribution < -0.4 is 0 Å². The van der Waals surface area contributed by atoms with E-state index in [0.717, 1.165) is 64.2 Å². The van der Waals surface area contributed by atoms with Crippen LogP contribution in [0.25, 0.3) is 0 Å². The summed E-state index contributed by atoms with van der Waals surface area (Å²) in [6, 6.07) is 0. The predicted molar refractivity (Wildman–Crippen MR) is 215 cm³/mol. The van der Waals surface area contributed by atoms with Crippen LogP contribution in [0.2, 0.25) is 0 Å². The first kappa shape index (κ1) is 48.4. The summed E-state index contributed by atoms with van der Waals surface area (Å²) in [6.45, 7) is 6.41. The quantitative estimate of drug-likeness (QED) is 0.0276. The molecule has 0 spiro atoms. The zero-order valence-corrected chi connectivity index (χ0v) is 33.4. The van der Waals surface area contributed by atoms with Gasteiger partial charge in [-0.05, 0) is 44.9 Å². The minimum Gasteiger partial charge on any atom is -0.462 e. The Bertz CT molecular complexity index is 918. The molecule has 1 unspecified atom stereocenters. The monoisotopic (exact) mass is 715 g/mol. The Morgan fingerprint density at radius 1 is 0.412 bits per heavy atom. The average molecular weight is 715 g/mol. The molecule has 1 atom stereocenters. The highest BCUT2D eigenvalue weighted by molar-refractivity contribution is 5.71. The Kier molecular flexibility index (Phi) is 38.1. The summed E-state index contributed by atoms with van der Waals surface area (Å²) in [5, 5.41) is 0. The van der Waals surface area contributed by atoms with Crippen LogP contribution in [0.15, 0.2) is 48.6 Å². The van der Waals surface area contributed by atoms with E-state index in [1.807, 2.05) is 12.2 Å². The number of hydrogen-bond acceptors (Lipinski definition) is 6. The maximum atomic E-state index is 12.6. The fraction of sp³-hybridized carbons (Fsp3) is 0.756. The lowest BCUT2D eigenvalue weighted by Gasteiger charge is -2.18. The van der Waals surface area contributed by atoms with Gasteiger partial charge in [0.2, 0.25) is 0 Å². The third-order valence-electron chi connectivity index (χ3n) is 8.86. The van der Waals surface area contributed by atoms with Gasteiger partial charge in [-0.1, -0.05) is 185 Å². The van der Waals surface area contributed by atoms with Gasteiger partial charge >= 0.3 is 17.9 Å². The number of allylic oxidation sites excluding steroid dienone is 8. The van der Waals surface area contributed by atoms with Crippen molar-refractivity contribution in [2.45, 2.75) is 207 Å². The summed E-state index contributed by atoms with van der Waals surface area (Å²) in [4.78, 5) is 37.5. The zero-order valence-electron chi connectivity index (χ0n) is 33.4. The highest BCUT2D eigenvalue weighted by Gasteiger charge is 2.19. The lowest BCUT2D eigenvalue weighted by atomic mass is 10.1. The number of carbonyl (C=O) groups is 3. The molecule has 0 aromatic carbocycles. The molecule has 0 heterocycles. The Balaban J connectivity index is 4.47. The van der Waals surface area contributed by atoms with Crippen LogP contribution in [0.4, 0.5) is 0 Å². The molecule has 0 fully saturated rings. The summed E-state index contributed by atoms with van der Waals surface area (Å²) in [6.07, 6.45) is 45.4. The second-order valence-electron chi connectivity index (χ2n) is 13.9. The molecule has 0 aliphatic heterocycles. The van der Waals surface area contributed by atoms with Gasteiger partial charge in [0.25, 0.3) is 0 Å². The van der Waals surface area contributed by atoms with Gasteiger partial charge in [-0.2, -0.15) is 0 Å². The van der Waals surface area contributed by atoms with Crippen molar-refractivity contribution in [2.75, 3.05) is 13.2 Å². The summed E-state index contributed by atoms with van der Waals surface area (Å²) in [5.74, 6) is -0.985. The lowest BCUT2D eigenvalue weighted by Crippen LogP contribution is -2.30. The van der Waals surface area contributed by atoms with E-state index >= 15 is 0 Å². The largest absolute Gasteiger partial charge is 0.462 e. The van der Waals surface area contributed by atoms with Crippen molar-refractivity contribution in [3.05, 3.63) is 48.6 Å². The molecule has 0 aliphatic carbocycles. The van der Waals surface area contributed by atoms with Gasteiger partial charge in [0.15, 0.2) is 6.10 Å². The number of rotatable bonds is 37. The minimum atomic E-state index is -0.793. The minimum absolute atomic E-state index is 0.0929. The zero-order chi connectivity index (χ0) is 37.3. The molecule has 0 saturated carbocycles. The Morgan fingerprint density at radius 2 is 0.765 bits per heavy atom. The maximum absolute atomic E-state index is 12.6. The third kappa shape index (κ3) is 38.4. The molecule has 0 bridgehead atoms. The molecule has 0 amide bonds. The molecule has 0 saturated heterocycles. The first-order valence-electron chi connectivity index (χ1n) is 21.1. The standard InChI is InChI=1S/C45H78O6/c1-4-7-10-13-16-19-21-22-24-26-29-32-35-38-44(47)50-41-42(40-49-43(46)37-34-31-28-25-18-15-12-9-6-3)51-45(48)39-36-33-30-27-23-20-17-14-11-8-5-2/h7,10,16,19,22,24,29,32,42H,4-6,8-9,11-15,17-18,20-21,23,25-28,30-31,33-41H2,1-3H3/b10-7-,19-16-,24-22-,32-29-. The maximum Gasteiger partial charge on any atom is 0.306 e. The van der Waals surface area contributed by atoms with Crippen molar-refractivity contribution in [3.63, 3.8) is 0 Å². The molecular weight excluding hydrogens is 636 g/mol. The summed E-state index contributed by atoms with van der Waals surface area (Å²) in [7, 11) is 0. The fourth-order valence-corrected chi connectivity index (χ4v) is 5.69. The van der Waals surface area contributed by atoms with Crippen molar-refractivity contribution >= 4 is 17.9 Å². The number of unbranched alkanes of at least 4 members (excludes halogenated alkanes) is 18. The van der Waals surface area contributed by atoms with Crippen molar-refractivity contribution < 1.29 is 28.6 Å². The Labute approximate surface area is 314 Å². The highest BCUT2D eigenvalue weighted by atomic mass is 16.6. The van der Waals surface area contributed by atoms with Crippen LogP contribution in [0.5, 0.6) is 0 Å². The highest BCUT2D eigenvalue weighted by Crippen LogP contribution is 2.14. The number of esters is 3. The molecule has 0 aromatic heterocycles. The smallest absolute Gasteiger partial charge is 0.306 e. The molecule has 0 N–H and O–H groups in total. The van der Waals surface area contributed by atoms with Gasteiger partial charge in [-0.15, -0.1) is 0 Å². The van der Waals surface area contributed by atoms with Crippen LogP contribution >= 0.6 is 0 Å². The molecule has 0 rings (SSSR count). The van der Waals surface area contributed by atoms with Gasteiger partial charge in [0.1, 0.15) is 13.2 Å². The second kappa shape index (κ2) is 40.1. The van der Waals surface area contributed by atoms with E-state index in [1.165, 1.54) is 89.9 Å². The van der Waals surface area contributed by atoms with Crippen LogP contribution in [-0.2, 0) is 28.6 Å². The van der Waals surface area contributed by atoms with Crippen molar-refractivity contribution in [2.24, 2.45) is 0 Å². The molecular formula is C45H78O6. The molecule has 51 heavy (non-hydrogen) atoms. The molecule has 0 radical (unpaired) electrons.